The average Bonchev–Trinajstić information content (AvgIpc) is 3.00. The van der Waals surface area contributed by atoms with Crippen molar-refractivity contribution in [3.05, 3.63) is 79.0 Å². The number of imidazole rings is 1. The number of hydrogen-bond donors (Lipinski definition) is 0. The van der Waals surface area contributed by atoms with Crippen molar-refractivity contribution in [2.75, 3.05) is 0 Å². The van der Waals surface area contributed by atoms with Gasteiger partial charge in [0.1, 0.15) is 17.2 Å². The molecule has 0 aliphatic rings. The van der Waals surface area contributed by atoms with E-state index in [-0.39, 0.29) is 0 Å². The van der Waals surface area contributed by atoms with Crippen molar-refractivity contribution in [3.63, 3.8) is 0 Å². The highest BCUT2D eigenvalue weighted by Gasteiger charge is 2.15. The number of benzene rings is 2. The molecule has 0 atom stereocenters. The van der Waals surface area contributed by atoms with Gasteiger partial charge in [-0.2, -0.15) is 8.80 Å². The second-order valence-corrected chi connectivity index (χ2v) is 6.63. The van der Waals surface area contributed by atoms with Gasteiger partial charge in [-0.3, -0.25) is 8.42 Å². The molecule has 0 aliphatic carbocycles. The summed E-state index contributed by atoms with van der Waals surface area (Å²) in [6.45, 7) is 0. The molecular weight excluding hydrogens is 352 g/mol. The highest BCUT2D eigenvalue weighted by Crippen LogP contribution is 2.20. The Morgan fingerprint density at radius 2 is 1.38 bits per heavy atom. The molecule has 6 nitrogen and oxygen atoms in total. The lowest BCUT2D eigenvalue weighted by atomic mass is 10.2. The molecule has 3 heterocycles. The largest absolute Gasteiger partial charge is 0.759 e. The first-order valence-corrected chi connectivity index (χ1v) is 9.14. The summed E-state index contributed by atoms with van der Waals surface area (Å²) in [5.41, 5.74) is 4.89. The van der Waals surface area contributed by atoms with E-state index in [4.69, 9.17) is 17.5 Å². The van der Waals surface area contributed by atoms with Gasteiger partial charge in [-0.15, -0.1) is 0 Å². The number of para-hydroxylation sites is 2. The van der Waals surface area contributed by atoms with Crippen LogP contribution in [0.4, 0.5) is 0 Å². The van der Waals surface area contributed by atoms with E-state index < -0.39 is 10.4 Å². The van der Waals surface area contributed by atoms with Crippen LogP contribution in [-0.2, 0) is 10.4 Å². The molecule has 0 amide bonds. The minimum Gasteiger partial charge on any atom is -0.759 e. The quantitative estimate of drug-likeness (QED) is 0.240. The molecule has 0 unspecified atom stereocenters. The zero-order chi connectivity index (χ0) is 18.3. The topological polar surface area (TPSA) is 88.8 Å². The van der Waals surface area contributed by atoms with Gasteiger partial charge in [-0.25, -0.2) is 0 Å². The summed E-state index contributed by atoms with van der Waals surface area (Å²) in [4.78, 5) is 0. The second-order valence-electron chi connectivity index (χ2n) is 5.81. The van der Waals surface area contributed by atoms with Gasteiger partial charge < -0.3 is 9.11 Å². The van der Waals surface area contributed by atoms with Gasteiger partial charge in [-0.1, -0.05) is 36.4 Å². The standard InChI is InChI=1S/C19H13N2.H2O4S/c1-3-7-17-14(5-1)10-12-19-20(17)13-16-11-9-15-6-2-4-8-18(15)21(16)19;1-5(2,3)4/h1-13H;(H2,1,2,3,4)/q+1;/p-2. The van der Waals surface area contributed by atoms with Crippen molar-refractivity contribution in [2.45, 2.75) is 0 Å². The smallest absolute Gasteiger partial charge is 0.292 e. The Morgan fingerprint density at radius 3 is 2.15 bits per heavy atom. The Morgan fingerprint density at radius 1 is 0.769 bits per heavy atom. The molecule has 0 bridgehead atoms. The first kappa shape index (κ1) is 16.5. The van der Waals surface area contributed by atoms with Gasteiger partial charge >= 0.3 is 0 Å². The Balaban J connectivity index is 0.000000301. The van der Waals surface area contributed by atoms with Crippen LogP contribution in [0, 0.1) is 0 Å². The lowest BCUT2D eigenvalue weighted by Crippen LogP contribution is -2.19. The highest BCUT2D eigenvalue weighted by atomic mass is 32.3. The fourth-order valence-electron chi connectivity index (χ4n) is 3.24. The van der Waals surface area contributed by atoms with Crippen molar-refractivity contribution >= 4 is 43.4 Å². The molecule has 5 aromatic rings. The summed E-state index contributed by atoms with van der Waals surface area (Å²) in [7, 11) is -5.17. The maximum absolute atomic E-state index is 8.52. The van der Waals surface area contributed by atoms with Crippen LogP contribution >= 0.6 is 0 Å². The summed E-state index contributed by atoms with van der Waals surface area (Å²) in [5.74, 6) is 0. The molecule has 0 aliphatic heterocycles. The van der Waals surface area contributed by atoms with Crippen LogP contribution in [0.1, 0.15) is 0 Å². The minimum absolute atomic E-state index is 1.19. The summed E-state index contributed by atoms with van der Waals surface area (Å²) in [6.07, 6.45) is 2.21. The van der Waals surface area contributed by atoms with E-state index in [1.807, 2.05) is 0 Å². The van der Waals surface area contributed by atoms with E-state index in [0.29, 0.717) is 0 Å². The zero-order valence-corrected chi connectivity index (χ0v) is 14.3. The Kier molecular flexibility index (Phi) is 3.84. The van der Waals surface area contributed by atoms with Crippen LogP contribution in [0.3, 0.4) is 0 Å². The summed E-state index contributed by atoms with van der Waals surface area (Å²) in [5, 5.41) is 2.52. The van der Waals surface area contributed by atoms with E-state index >= 15 is 0 Å². The van der Waals surface area contributed by atoms with E-state index in [0.717, 1.165) is 0 Å². The molecule has 3 aromatic heterocycles. The molecule has 5 rings (SSSR count). The summed E-state index contributed by atoms with van der Waals surface area (Å²) >= 11 is 0. The lowest BCUT2D eigenvalue weighted by molar-refractivity contribution is -0.479. The van der Waals surface area contributed by atoms with Crippen LogP contribution < -0.4 is 4.40 Å². The molecule has 0 saturated heterocycles. The Bertz CT molecular complexity index is 1370. The summed E-state index contributed by atoms with van der Waals surface area (Å²) < 4.78 is 38.7. The fourth-order valence-corrected chi connectivity index (χ4v) is 3.24. The summed E-state index contributed by atoms with van der Waals surface area (Å²) in [6, 6.07) is 25.8. The predicted molar refractivity (Wildman–Crippen MR) is 96.0 cm³/mol. The van der Waals surface area contributed by atoms with Crippen molar-refractivity contribution < 1.29 is 21.9 Å². The van der Waals surface area contributed by atoms with Crippen LogP contribution in [0.2, 0.25) is 0 Å². The molecule has 130 valence electrons. The third-order valence-corrected chi connectivity index (χ3v) is 4.22. The molecule has 7 heteroatoms. The lowest BCUT2D eigenvalue weighted by Gasteiger charge is -2.06. The number of hydrogen-bond acceptors (Lipinski definition) is 4. The van der Waals surface area contributed by atoms with Crippen molar-refractivity contribution in [1.29, 1.82) is 0 Å². The first-order valence-electron chi connectivity index (χ1n) is 7.81. The van der Waals surface area contributed by atoms with Gasteiger partial charge in [0, 0.05) is 27.2 Å². The predicted octanol–water partition coefficient (Wildman–Crippen LogP) is 2.65. The van der Waals surface area contributed by atoms with Crippen LogP contribution in [0.15, 0.2) is 79.0 Å². The van der Waals surface area contributed by atoms with Gasteiger partial charge in [0.15, 0.2) is 5.52 Å². The van der Waals surface area contributed by atoms with E-state index in [2.05, 4.69) is 87.8 Å². The van der Waals surface area contributed by atoms with Crippen molar-refractivity contribution in [2.24, 2.45) is 0 Å². The third-order valence-electron chi connectivity index (χ3n) is 4.22. The third kappa shape index (κ3) is 2.99. The molecule has 0 saturated carbocycles. The van der Waals surface area contributed by atoms with Gasteiger partial charge in [0.05, 0.1) is 0 Å². The van der Waals surface area contributed by atoms with Crippen molar-refractivity contribution in [3.8, 4) is 0 Å². The molecular formula is C19H13N2O4S-. The maximum Gasteiger partial charge on any atom is 0.292 e. The first-order chi connectivity index (χ1) is 12.4. The SMILES string of the molecule is O=S(=O)([O-])[O-].c1ccc2c(c1)ccc1c[n+]3c4ccccc4ccc3n12. The highest BCUT2D eigenvalue weighted by molar-refractivity contribution is 7.79. The Labute approximate surface area is 149 Å². The number of nitrogens with zero attached hydrogens (tertiary/aromatic N) is 2. The van der Waals surface area contributed by atoms with E-state index in [1.165, 1.54) is 33.0 Å². The van der Waals surface area contributed by atoms with Crippen LogP contribution in [0.25, 0.3) is 33.0 Å². The molecule has 26 heavy (non-hydrogen) atoms. The monoisotopic (exact) mass is 365 g/mol. The van der Waals surface area contributed by atoms with E-state index in [1.54, 1.807) is 0 Å². The second kappa shape index (κ2) is 6.06. The average molecular weight is 365 g/mol. The number of fused-ring (bicyclic) bond motifs is 7. The van der Waals surface area contributed by atoms with Crippen molar-refractivity contribution in [1.82, 2.24) is 4.40 Å². The van der Waals surface area contributed by atoms with E-state index in [9.17, 15) is 0 Å². The van der Waals surface area contributed by atoms with Crippen LogP contribution in [-0.4, -0.2) is 21.9 Å². The number of rotatable bonds is 0. The van der Waals surface area contributed by atoms with Gasteiger partial charge in [-0.05, 0) is 30.3 Å². The minimum atomic E-state index is -5.17. The molecule has 0 N–H and O–H groups in total. The normalized spacial score (nSPS) is 11.8. The number of pyridine rings is 2. The zero-order valence-electron chi connectivity index (χ0n) is 13.4. The fraction of sp³-hybridized carbons (Fsp3) is 0. The van der Waals surface area contributed by atoms with Gasteiger partial charge in [0.25, 0.3) is 5.65 Å². The molecule has 0 spiro atoms. The molecule has 0 radical (unpaired) electrons. The Hall–Kier alpha value is -3.00. The van der Waals surface area contributed by atoms with Gasteiger partial charge in [0.2, 0.25) is 0 Å². The maximum atomic E-state index is 8.52. The molecule has 2 aromatic carbocycles. The van der Waals surface area contributed by atoms with Crippen LogP contribution in [0.5, 0.6) is 0 Å². The molecule has 0 fully saturated rings. The number of aromatic nitrogens is 2.